The van der Waals surface area contributed by atoms with E-state index in [0.717, 1.165) is 5.56 Å². The molecule has 2 amide bonds. The highest BCUT2D eigenvalue weighted by molar-refractivity contribution is 5.91. The van der Waals surface area contributed by atoms with Crippen molar-refractivity contribution in [3.8, 4) is 23.1 Å². The first-order valence-electron chi connectivity index (χ1n) is 8.61. The van der Waals surface area contributed by atoms with Gasteiger partial charge < -0.3 is 15.7 Å². The number of carbonyl (C=O) groups excluding carboxylic acids is 2. The molecule has 2 aromatic rings. The summed E-state index contributed by atoms with van der Waals surface area (Å²) in [6.07, 6.45) is 0.875. The van der Waals surface area contributed by atoms with Gasteiger partial charge >= 0.3 is 0 Å². The first kappa shape index (κ1) is 21.1. The van der Waals surface area contributed by atoms with Gasteiger partial charge in [0, 0.05) is 25.6 Å². The summed E-state index contributed by atoms with van der Waals surface area (Å²) < 4.78 is 14.2. The molecule has 1 aromatic carbocycles. The van der Waals surface area contributed by atoms with Crippen molar-refractivity contribution in [1.29, 1.82) is 0 Å². The maximum atomic E-state index is 14.2. The molecule has 1 heterocycles. The van der Waals surface area contributed by atoms with Gasteiger partial charge in [-0.3, -0.25) is 9.59 Å². The van der Waals surface area contributed by atoms with Gasteiger partial charge in [-0.15, -0.1) is 0 Å². The van der Waals surface area contributed by atoms with E-state index in [0.29, 0.717) is 24.2 Å². The number of halogens is 1. The number of primary amides is 1. The van der Waals surface area contributed by atoms with E-state index in [1.54, 1.807) is 26.1 Å². The minimum absolute atomic E-state index is 0.0884. The molecule has 2 rings (SSSR count). The first-order chi connectivity index (χ1) is 13.1. The average molecular weight is 383 g/mol. The molecule has 0 radical (unpaired) electrons. The smallest absolute Gasteiger partial charge is 0.267 e. The molecule has 0 spiro atoms. The number of benzene rings is 1. The Bertz CT molecular complexity index is 961. The summed E-state index contributed by atoms with van der Waals surface area (Å²) in [6, 6.07) is 7.61. The number of nitrogens with two attached hydrogens (primary N) is 1. The van der Waals surface area contributed by atoms with E-state index in [1.165, 1.54) is 30.0 Å². The minimum atomic E-state index is -1.39. The van der Waals surface area contributed by atoms with Crippen molar-refractivity contribution in [1.82, 2.24) is 9.88 Å². The third-order valence-electron chi connectivity index (χ3n) is 4.08. The Kier molecular flexibility index (Phi) is 6.49. The van der Waals surface area contributed by atoms with Crippen LogP contribution in [0.1, 0.15) is 35.0 Å². The number of pyridine rings is 1. The molecule has 7 heteroatoms. The predicted octanol–water partition coefficient (Wildman–Crippen LogP) is 1.88. The van der Waals surface area contributed by atoms with E-state index >= 15 is 0 Å². The lowest BCUT2D eigenvalue weighted by molar-refractivity contribution is -0.117. The number of aromatic nitrogens is 1. The second-order valence-electron chi connectivity index (χ2n) is 6.83. The Morgan fingerprint density at radius 3 is 2.75 bits per heavy atom. The zero-order valence-electron chi connectivity index (χ0n) is 16.0. The fourth-order valence-corrected chi connectivity index (χ4v) is 2.43. The number of aryl methyl sites for hydroxylation is 1. The molecule has 3 N–H and O–H groups in total. The number of carbonyl (C=O) groups is 2. The van der Waals surface area contributed by atoms with Crippen molar-refractivity contribution >= 4 is 12.3 Å². The topological polar surface area (TPSA) is 96.5 Å². The molecule has 146 valence electrons. The molecule has 0 aliphatic rings. The zero-order valence-corrected chi connectivity index (χ0v) is 16.0. The van der Waals surface area contributed by atoms with Crippen molar-refractivity contribution in [3.05, 3.63) is 53.0 Å². The molecular formula is C21H22FN3O3. The van der Waals surface area contributed by atoms with Gasteiger partial charge in [0.05, 0.1) is 11.3 Å². The lowest BCUT2D eigenvalue weighted by Gasteiger charge is -2.19. The van der Waals surface area contributed by atoms with Crippen LogP contribution in [0, 0.1) is 24.6 Å². The molecule has 1 aromatic heterocycles. The van der Waals surface area contributed by atoms with Crippen molar-refractivity contribution in [2.75, 3.05) is 13.6 Å². The molecule has 0 bridgehead atoms. The summed E-state index contributed by atoms with van der Waals surface area (Å²) in [6.45, 7) is 3.62. The maximum Gasteiger partial charge on any atom is 0.267 e. The SMILES string of the molecule is Cc1cc(C(N)=O)nc(-c2ccc(F)c(C#CC(C)(O)CCN(C)C=O)c2)c1. The molecular weight excluding hydrogens is 361 g/mol. The van der Waals surface area contributed by atoms with Crippen molar-refractivity contribution < 1.29 is 19.1 Å². The molecule has 0 aliphatic carbocycles. The summed E-state index contributed by atoms with van der Waals surface area (Å²) in [5.41, 5.74) is 5.95. The highest BCUT2D eigenvalue weighted by Gasteiger charge is 2.17. The lowest BCUT2D eigenvalue weighted by Crippen LogP contribution is -2.29. The van der Waals surface area contributed by atoms with Gasteiger partial charge in [-0.25, -0.2) is 9.37 Å². The van der Waals surface area contributed by atoms with Gasteiger partial charge in [-0.1, -0.05) is 11.8 Å². The molecule has 1 atom stereocenters. The zero-order chi connectivity index (χ0) is 20.9. The van der Waals surface area contributed by atoms with Gasteiger partial charge in [0.1, 0.15) is 17.1 Å². The molecule has 0 aliphatic heterocycles. The second kappa shape index (κ2) is 8.63. The van der Waals surface area contributed by atoms with Crippen LogP contribution in [-0.2, 0) is 4.79 Å². The molecule has 6 nitrogen and oxygen atoms in total. The molecule has 0 saturated heterocycles. The van der Waals surface area contributed by atoms with Crippen LogP contribution in [0.15, 0.2) is 30.3 Å². The fraction of sp³-hybridized carbons (Fsp3) is 0.286. The number of hydrogen-bond acceptors (Lipinski definition) is 4. The molecule has 0 saturated carbocycles. The van der Waals surface area contributed by atoms with Crippen LogP contribution in [0.5, 0.6) is 0 Å². The summed E-state index contributed by atoms with van der Waals surface area (Å²) >= 11 is 0. The highest BCUT2D eigenvalue weighted by atomic mass is 19.1. The van der Waals surface area contributed by atoms with Crippen molar-refractivity contribution in [3.63, 3.8) is 0 Å². The lowest BCUT2D eigenvalue weighted by atomic mass is 10.0. The van der Waals surface area contributed by atoms with Gasteiger partial charge in [-0.05, 0) is 49.7 Å². The van der Waals surface area contributed by atoms with Crippen LogP contribution in [0.2, 0.25) is 0 Å². The third-order valence-corrected chi connectivity index (χ3v) is 4.08. The van der Waals surface area contributed by atoms with Crippen molar-refractivity contribution in [2.24, 2.45) is 5.73 Å². The van der Waals surface area contributed by atoms with E-state index in [2.05, 4.69) is 16.8 Å². The van der Waals surface area contributed by atoms with E-state index in [-0.39, 0.29) is 17.7 Å². The Balaban J connectivity index is 2.35. The Morgan fingerprint density at radius 2 is 2.11 bits per heavy atom. The second-order valence-corrected chi connectivity index (χ2v) is 6.83. The van der Waals surface area contributed by atoms with Crippen LogP contribution in [0.25, 0.3) is 11.3 Å². The number of nitrogens with zero attached hydrogens (tertiary/aromatic N) is 2. The molecule has 28 heavy (non-hydrogen) atoms. The van der Waals surface area contributed by atoms with Crippen LogP contribution >= 0.6 is 0 Å². The molecule has 0 fully saturated rings. The van der Waals surface area contributed by atoms with Gasteiger partial charge in [0.15, 0.2) is 0 Å². The van der Waals surface area contributed by atoms with E-state index in [4.69, 9.17) is 5.73 Å². The fourth-order valence-electron chi connectivity index (χ4n) is 2.43. The number of rotatable bonds is 6. The number of aliphatic hydroxyl groups is 1. The van der Waals surface area contributed by atoms with E-state index in [1.807, 2.05) is 0 Å². The standard InChI is InChI=1S/C21H22FN3O3/c1-14-10-18(24-19(11-14)20(23)27)16-4-5-17(22)15(12-16)6-7-21(2,28)8-9-25(3)13-26/h4-5,10-13,28H,8-9H2,1-3H3,(H2,23,27). The highest BCUT2D eigenvalue weighted by Crippen LogP contribution is 2.22. The predicted molar refractivity (Wildman–Crippen MR) is 104 cm³/mol. The van der Waals surface area contributed by atoms with E-state index in [9.17, 15) is 19.1 Å². The van der Waals surface area contributed by atoms with Crippen LogP contribution in [-0.4, -0.2) is 46.5 Å². The third kappa shape index (κ3) is 5.63. The maximum absolute atomic E-state index is 14.2. The Labute approximate surface area is 163 Å². The average Bonchev–Trinajstić information content (AvgIpc) is 2.65. The monoisotopic (exact) mass is 383 g/mol. The number of amides is 2. The van der Waals surface area contributed by atoms with Gasteiger partial charge in [0.2, 0.25) is 6.41 Å². The van der Waals surface area contributed by atoms with Crippen LogP contribution in [0.3, 0.4) is 0 Å². The Hall–Kier alpha value is -3.24. The largest absolute Gasteiger partial charge is 0.378 e. The normalized spacial score (nSPS) is 12.5. The van der Waals surface area contributed by atoms with Crippen LogP contribution in [0.4, 0.5) is 4.39 Å². The van der Waals surface area contributed by atoms with Gasteiger partial charge in [-0.2, -0.15) is 0 Å². The summed E-state index contributed by atoms with van der Waals surface area (Å²) in [5.74, 6) is 4.11. The first-order valence-corrected chi connectivity index (χ1v) is 8.61. The summed E-state index contributed by atoms with van der Waals surface area (Å²) in [7, 11) is 1.59. The Morgan fingerprint density at radius 1 is 1.39 bits per heavy atom. The summed E-state index contributed by atoms with van der Waals surface area (Å²) in [5, 5.41) is 10.3. The van der Waals surface area contributed by atoms with Gasteiger partial charge in [0.25, 0.3) is 5.91 Å². The number of hydrogen-bond donors (Lipinski definition) is 2. The molecule has 1 unspecified atom stereocenters. The minimum Gasteiger partial charge on any atom is -0.378 e. The van der Waals surface area contributed by atoms with E-state index < -0.39 is 17.3 Å². The summed E-state index contributed by atoms with van der Waals surface area (Å²) in [4.78, 5) is 27.7. The van der Waals surface area contributed by atoms with Crippen molar-refractivity contribution in [2.45, 2.75) is 25.9 Å². The van der Waals surface area contributed by atoms with Crippen LogP contribution < -0.4 is 5.73 Å². The quantitative estimate of drug-likeness (QED) is 0.588.